The Morgan fingerprint density at radius 1 is 1.08 bits per heavy atom. The van der Waals surface area contributed by atoms with Gasteiger partial charge < -0.3 is 9.30 Å². The molecule has 0 spiro atoms. The van der Waals surface area contributed by atoms with Gasteiger partial charge in [-0.15, -0.1) is 11.6 Å². The predicted molar refractivity (Wildman–Crippen MR) is 100 cm³/mol. The number of alkyl halides is 1. The number of fused-ring (bicyclic) bond motifs is 1. The summed E-state index contributed by atoms with van der Waals surface area (Å²) in [5.74, 6) is 1.41. The summed E-state index contributed by atoms with van der Waals surface area (Å²) in [4.78, 5) is 12.4. The second kappa shape index (κ2) is 7.54. The fourth-order valence-electron chi connectivity index (χ4n) is 2.87. The van der Waals surface area contributed by atoms with E-state index in [1.165, 1.54) is 0 Å². The van der Waals surface area contributed by atoms with Crippen LogP contribution in [0, 0.1) is 0 Å². The standard InChI is InChI=1S/C20H20ClNO2/c1-2-22-18-7-4-3-6-17(18)20(23)14-19(22)15-8-10-16(11-9-15)24-13-5-12-21/h3-4,6-11,14H,2,5,12-13H2,1H3. The smallest absolute Gasteiger partial charge is 0.190 e. The lowest BCUT2D eigenvalue weighted by molar-refractivity contribution is 0.318. The molecule has 4 heteroatoms. The zero-order chi connectivity index (χ0) is 16.9. The molecule has 0 aliphatic rings. The summed E-state index contributed by atoms with van der Waals surface area (Å²) in [6, 6.07) is 17.3. The molecule has 3 aromatic rings. The predicted octanol–water partition coefficient (Wildman–Crippen LogP) is 4.70. The Morgan fingerprint density at radius 2 is 1.83 bits per heavy atom. The first-order valence-corrected chi connectivity index (χ1v) is 8.70. The minimum Gasteiger partial charge on any atom is -0.494 e. The van der Waals surface area contributed by atoms with E-state index in [1.807, 2.05) is 48.5 Å². The van der Waals surface area contributed by atoms with Gasteiger partial charge in [0.2, 0.25) is 0 Å². The summed E-state index contributed by atoms with van der Waals surface area (Å²) in [7, 11) is 0. The monoisotopic (exact) mass is 341 g/mol. The van der Waals surface area contributed by atoms with Crippen molar-refractivity contribution in [2.24, 2.45) is 0 Å². The number of rotatable bonds is 6. The maximum atomic E-state index is 12.4. The molecule has 0 saturated heterocycles. The molecule has 0 saturated carbocycles. The second-order valence-electron chi connectivity index (χ2n) is 5.57. The van der Waals surface area contributed by atoms with Crippen molar-refractivity contribution in [3.05, 3.63) is 64.8 Å². The lowest BCUT2D eigenvalue weighted by Gasteiger charge is -2.15. The number of benzene rings is 2. The quantitative estimate of drug-likeness (QED) is 0.481. The van der Waals surface area contributed by atoms with E-state index in [0.717, 1.165) is 40.9 Å². The van der Waals surface area contributed by atoms with Gasteiger partial charge in [-0.3, -0.25) is 4.79 Å². The van der Waals surface area contributed by atoms with Gasteiger partial charge in [-0.25, -0.2) is 0 Å². The fourth-order valence-corrected chi connectivity index (χ4v) is 2.98. The summed E-state index contributed by atoms with van der Waals surface area (Å²) < 4.78 is 7.80. The lowest BCUT2D eigenvalue weighted by atomic mass is 10.1. The summed E-state index contributed by atoms with van der Waals surface area (Å²) in [6.07, 6.45) is 0.823. The van der Waals surface area contributed by atoms with Gasteiger partial charge in [0.25, 0.3) is 0 Å². The molecule has 1 heterocycles. The highest BCUT2D eigenvalue weighted by atomic mass is 35.5. The summed E-state index contributed by atoms with van der Waals surface area (Å²) in [6.45, 7) is 3.49. The van der Waals surface area contributed by atoms with Crippen LogP contribution in [-0.2, 0) is 6.54 Å². The van der Waals surface area contributed by atoms with Gasteiger partial charge in [-0.1, -0.05) is 12.1 Å². The van der Waals surface area contributed by atoms with Gasteiger partial charge >= 0.3 is 0 Å². The Kier molecular flexibility index (Phi) is 5.21. The number of halogens is 1. The molecule has 24 heavy (non-hydrogen) atoms. The molecule has 0 amide bonds. The van der Waals surface area contributed by atoms with Crippen molar-refractivity contribution in [3.8, 4) is 17.0 Å². The van der Waals surface area contributed by atoms with E-state index in [0.29, 0.717) is 12.5 Å². The van der Waals surface area contributed by atoms with Crippen LogP contribution in [0.4, 0.5) is 0 Å². The first-order chi connectivity index (χ1) is 11.7. The van der Waals surface area contributed by atoms with Crippen LogP contribution in [0.25, 0.3) is 22.2 Å². The highest BCUT2D eigenvalue weighted by Gasteiger charge is 2.09. The Labute approximate surface area is 146 Å². The van der Waals surface area contributed by atoms with Crippen LogP contribution in [0.15, 0.2) is 59.4 Å². The van der Waals surface area contributed by atoms with Crippen molar-refractivity contribution in [3.63, 3.8) is 0 Å². The largest absolute Gasteiger partial charge is 0.494 e. The zero-order valence-corrected chi connectivity index (χ0v) is 14.4. The minimum absolute atomic E-state index is 0.0488. The number of hydrogen-bond donors (Lipinski definition) is 0. The molecule has 0 aliphatic carbocycles. The molecular weight excluding hydrogens is 322 g/mol. The van der Waals surface area contributed by atoms with E-state index in [1.54, 1.807) is 6.07 Å². The van der Waals surface area contributed by atoms with Crippen LogP contribution in [-0.4, -0.2) is 17.1 Å². The maximum absolute atomic E-state index is 12.4. The molecule has 0 N–H and O–H groups in total. The van der Waals surface area contributed by atoms with Crippen molar-refractivity contribution in [1.82, 2.24) is 4.57 Å². The summed E-state index contributed by atoms with van der Waals surface area (Å²) in [5, 5.41) is 0.754. The number of aromatic nitrogens is 1. The minimum atomic E-state index is 0.0488. The van der Waals surface area contributed by atoms with Crippen LogP contribution in [0.3, 0.4) is 0 Å². The molecule has 0 aliphatic heterocycles. The molecule has 2 aromatic carbocycles. The molecule has 3 rings (SSSR count). The SMILES string of the molecule is CCn1c(-c2ccc(OCCCCl)cc2)cc(=O)c2ccccc21. The van der Waals surface area contributed by atoms with Gasteiger partial charge in [0, 0.05) is 23.9 Å². The Morgan fingerprint density at radius 3 is 2.54 bits per heavy atom. The topological polar surface area (TPSA) is 31.2 Å². The molecule has 0 fully saturated rings. The number of ether oxygens (including phenoxy) is 1. The summed E-state index contributed by atoms with van der Waals surface area (Å²) in [5.41, 5.74) is 2.94. The van der Waals surface area contributed by atoms with Gasteiger partial charge in [0.05, 0.1) is 17.8 Å². The number of para-hydroxylation sites is 1. The van der Waals surface area contributed by atoms with Gasteiger partial charge in [0.15, 0.2) is 5.43 Å². The third-order valence-electron chi connectivity index (χ3n) is 4.03. The van der Waals surface area contributed by atoms with E-state index in [9.17, 15) is 4.79 Å². The average molecular weight is 342 g/mol. The van der Waals surface area contributed by atoms with E-state index < -0.39 is 0 Å². The lowest BCUT2D eigenvalue weighted by Crippen LogP contribution is -2.10. The van der Waals surface area contributed by atoms with E-state index >= 15 is 0 Å². The molecule has 0 radical (unpaired) electrons. The Balaban J connectivity index is 2.01. The molecular formula is C20H20ClNO2. The molecule has 0 bridgehead atoms. The van der Waals surface area contributed by atoms with Gasteiger partial charge in [-0.2, -0.15) is 0 Å². The van der Waals surface area contributed by atoms with E-state index in [2.05, 4.69) is 11.5 Å². The number of pyridine rings is 1. The Bertz CT molecular complexity index is 884. The van der Waals surface area contributed by atoms with Gasteiger partial charge in [0.1, 0.15) is 5.75 Å². The van der Waals surface area contributed by atoms with Crippen LogP contribution in [0.1, 0.15) is 13.3 Å². The fraction of sp³-hybridized carbons (Fsp3) is 0.250. The average Bonchev–Trinajstić information content (AvgIpc) is 2.62. The zero-order valence-electron chi connectivity index (χ0n) is 13.7. The highest BCUT2D eigenvalue weighted by Crippen LogP contribution is 2.25. The molecule has 1 aromatic heterocycles. The van der Waals surface area contributed by atoms with Crippen molar-refractivity contribution < 1.29 is 4.74 Å². The van der Waals surface area contributed by atoms with E-state index in [4.69, 9.17) is 16.3 Å². The van der Waals surface area contributed by atoms with Crippen molar-refractivity contribution in [1.29, 1.82) is 0 Å². The first kappa shape index (κ1) is 16.6. The van der Waals surface area contributed by atoms with Crippen LogP contribution < -0.4 is 10.2 Å². The molecule has 0 atom stereocenters. The first-order valence-electron chi connectivity index (χ1n) is 8.16. The summed E-state index contributed by atoms with van der Waals surface area (Å²) >= 11 is 5.66. The van der Waals surface area contributed by atoms with Crippen LogP contribution >= 0.6 is 11.6 Å². The highest BCUT2D eigenvalue weighted by molar-refractivity contribution is 6.17. The van der Waals surface area contributed by atoms with E-state index in [-0.39, 0.29) is 5.43 Å². The Hall–Kier alpha value is -2.26. The second-order valence-corrected chi connectivity index (χ2v) is 5.95. The van der Waals surface area contributed by atoms with Crippen molar-refractivity contribution in [2.45, 2.75) is 19.9 Å². The number of hydrogen-bond acceptors (Lipinski definition) is 2. The van der Waals surface area contributed by atoms with Crippen molar-refractivity contribution in [2.75, 3.05) is 12.5 Å². The third-order valence-corrected chi connectivity index (χ3v) is 4.30. The maximum Gasteiger partial charge on any atom is 0.190 e. The molecule has 3 nitrogen and oxygen atoms in total. The molecule has 124 valence electrons. The number of aryl methyl sites for hydroxylation is 1. The third kappa shape index (κ3) is 3.31. The normalized spacial score (nSPS) is 10.9. The van der Waals surface area contributed by atoms with Crippen LogP contribution in [0.2, 0.25) is 0 Å². The van der Waals surface area contributed by atoms with Crippen LogP contribution in [0.5, 0.6) is 5.75 Å². The molecule has 0 unspecified atom stereocenters. The van der Waals surface area contributed by atoms with Gasteiger partial charge in [-0.05, 0) is 55.3 Å². The number of nitrogens with zero attached hydrogens (tertiary/aromatic N) is 1. The van der Waals surface area contributed by atoms with Crippen molar-refractivity contribution >= 4 is 22.5 Å².